The Morgan fingerprint density at radius 2 is 1.72 bits per heavy atom. The molecule has 1 heterocycles. The van der Waals surface area contributed by atoms with Crippen LogP contribution in [0.4, 0.5) is 0 Å². The molecule has 25 heavy (non-hydrogen) atoms. The second-order valence-electron chi connectivity index (χ2n) is 5.81. The Morgan fingerprint density at radius 3 is 2.48 bits per heavy atom. The zero-order valence-electron chi connectivity index (χ0n) is 13.9. The molecule has 0 saturated carbocycles. The molecule has 2 N–H and O–H groups in total. The molecule has 6 nitrogen and oxygen atoms in total. The van der Waals surface area contributed by atoms with Gasteiger partial charge >= 0.3 is 11.8 Å². The van der Waals surface area contributed by atoms with E-state index in [0.717, 1.165) is 5.56 Å². The first-order valence-corrected chi connectivity index (χ1v) is 8.15. The lowest BCUT2D eigenvalue weighted by Crippen LogP contribution is -2.46. The van der Waals surface area contributed by atoms with E-state index in [2.05, 4.69) is 10.6 Å². The van der Waals surface area contributed by atoms with Gasteiger partial charge in [-0.1, -0.05) is 42.5 Å². The highest BCUT2D eigenvalue weighted by Gasteiger charge is 2.23. The number of para-hydroxylation sites is 2. The Kier molecular flexibility index (Phi) is 5.18. The van der Waals surface area contributed by atoms with Gasteiger partial charge in [-0.25, -0.2) is 0 Å². The second-order valence-corrected chi connectivity index (χ2v) is 5.81. The smallest absolute Gasteiger partial charge is 0.309 e. The number of amides is 2. The van der Waals surface area contributed by atoms with Gasteiger partial charge in [0.2, 0.25) is 0 Å². The van der Waals surface area contributed by atoms with Crippen molar-refractivity contribution in [3.05, 3.63) is 60.2 Å². The van der Waals surface area contributed by atoms with Crippen molar-refractivity contribution in [2.24, 2.45) is 0 Å². The number of nitrogens with one attached hydrogen (secondary N) is 2. The van der Waals surface area contributed by atoms with Gasteiger partial charge in [-0.05, 0) is 24.6 Å². The Labute approximate surface area is 146 Å². The molecule has 0 unspecified atom stereocenters. The molecular formula is C19H20N2O4. The van der Waals surface area contributed by atoms with Gasteiger partial charge in [0.15, 0.2) is 11.5 Å². The van der Waals surface area contributed by atoms with Crippen LogP contribution in [0.2, 0.25) is 0 Å². The number of rotatable bonds is 4. The van der Waals surface area contributed by atoms with Gasteiger partial charge in [-0.3, -0.25) is 9.59 Å². The van der Waals surface area contributed by atoms with Crippen molar-refractivity contribution < 1.29 is 19.1 Å². The van der Waals surface area contributed by atoms with Gasteiger partial charge in [0.05, 0.1) is 12.6 Å². The normalized spacial score (nSPS) is 16.6. The molecule has 6 heteroatoms. The van der Waals surface area contributed by atoms with Gasteiger partial charge < -0.3 is 20.1 Å². The molecule has 0 saturated heterocycles. The number of ether oxygens (including phenoxy) is 2. The van der Waals surface area contributed by atoms with Crippen molar-refractivity contribution in [1.82, 2.24) is 10.6 Å². The van der Waals surface area contributed by atoms with Crippen LogP contribution < -0.4 is 20.1 Å². The van der Waals surface area contributed by atoms with Crippen LogP contribution >= 0.6 is 0 Å². The summed E-state index contributed by atoms with van der Waals surface area (Å²) in [6.07, 6.45) is -0.335. The van der Waals surface area contributed by atoms with Crippen LogP contribution in [0.25, 0.3) is 0 Å². The monoisotopic (exact) mass is 340 g/mol. The predicted octanol–water partition coefficient (Wildman–Crippen LogP) is 1.82. The third kappa shape index (κ3) is 4.29. The maximum Gasteiger partial charge on any atom is 0.309 e. The lowest BCUT2D eigenvalue weighted by molar-refractivity contribution is -0.139. The van der Waals surface area contributed by atoms with Gasteiger partial charge in [0.1, 0.15) is 12.7 Å². The SMILES string of the molecule is C[C@@H](NC(=O)C(=O)NC[C@H]1COc2ccccc2O1)c1ccccc1. The molecule has 2 aromatic carbocycles. The Balaban J connectivity index is 1.47. The quantitative estimate of drug-likeness (QED) is 0.833. The molecule has 3 rings (SSSR count). The summed E-state index contributed by atoms with van der Waals surface area (Å²) in [5.74, 6) is -0.0478. The molecule has 2 aromatic rings. The fraction of sp³-hybridized carbons (Fsp3) is 0.263. The number of benzene rings is 2. The molecule has 1 aliphatic rings. The summed E-state index contributed by atoms with van der Waals surface area (Å²) in [4.78, 5) is 24.0. The zero-order chi connectivity index (χ0) is 17.6. The van der Waals surface area contributed by atoms with E-state index in [9.17, 15) is 9.59 Å². The molecule has 130 valence electrons. The second kappa shape index (κ2) is 7.70. The highest BCUT2D eigenvalue weighted by atomic mass is 16.6. The molecule has 1 aliphatic heterocycles. The van der Waals surface area contributed by atoms with Gasteiger partial charge in [0.25, 0.3) is 0 Å². The summed E-state index contributed by atoms with van der Waals surface area (Å²) < 4.78 is 11.3. The van der Waals surface area contributed by atoms with Crippen LogP contribution in [0.1, 0.15) is 18.5 Å². The predicted molar refractivity (Wildman–Crippen MR) is 92.4 cm³/mol. The zero-order valence-corrected chi connectivity index (χ0v) is 13.9. The summed E-state index contributed by atoms with van der Waals surface area (Å²) in [6, 6.07) is 16.5. The minimum Gasteiger partial charge on any atom is -0.486 e. The minimum absolute atomic E-state index is 0.195. The summed E-state index contributed by atoms with van der Waals surface area (Å²) in [5.41, 5.74) is 0.935. The van der Waals surface area contributed by atoms with Crippen LogP contribution in [-0.4, -0.2) is 31.1 Å². The van der Waals surface area contributed by atoms with Gasteiger partial charge in [0, 0.05) is 0 Å². The number of carbonyl (C=O) groups excluding carboxylic acids is 2. The van der Waals surface area contributed by atoms with E-state index in [1.165, 1.54) is 0 Å². The third-order valence-electron chi connectivity index (χ3n) is 3.91. The van der Waals surface area contributed by atoms with Crippen molar-refractivity contribution in [1.29, 1.82) is 0 Å². The number of hydrogen-bond acceptors (Lipinski definition) is 4. The molecule has 0 bridgehead atoms. The van der Waals surface area contributed by atoms with Crippen LogP contribution in [0.15, 0.2) is 54.6 Å². The maximum atomic E-state index is 12.0. The molecule has 2 amide bonds. The molecule has 0 fully saturated rings. The summed E-state index contributed by atoms with van der Waals surface area (Å²) >= 11 is 0. The van der Waals surface area contributed by atoms with Crippen LogP contribution in [0.3, 0.4) is 0 Å². The van der Waals surface area contributed by atoms with E-state index in [1.54, 1.807) is 6.07 Å². The molecule has 2 atom stereocenters. The topological polar surface area (TPSA) is 76.7 Å². The number of carbonyl (C=O) groups is 2. The molecule has 0 aromatic heterocycles. The van der Waals surface area contributed by atoms with Crippen molar-refractivity contribution in [2.75, 3.05) is 13.2 Å². The van der Waals surface area contributed by atoms with Crippen molar-refractivity contribution >= 4 is 11.8 Å². The van der Waals surface area contributed by atoms with Crippen molar-refractivity contribution in [2.45, 2.75) is 19.1 Å². The van der Waals surface area contributed by atoms with Crippen LogP contribution in [0, 0.1) is 0 Å². The first-order chi connectivity index (χ1) is 12.1. The number of hydrogen-bond donors (Lipinski definition) is 2. The fourth-order valence-electron chi connectivity index (χ4n) is 2.54. The Bertz CT molecular complexity index is 748. The van der Waals surface area contributed by atoms with Crippen molar-refractivity contribution in [3.63, 3.8) is 0 Å². The highest BCUT2D eigenvalue weighted by molar-refractivity contribution is 6.35. The first kappa shape index (κ1) is 16.8. The highest BCUT2D eigenvalue weighted by Crippen LogP contribution is 2.30. The maximum absolute atomic E-state index is 12.0. The average Bonchev–Trinajstić information content (AvgIpc) is 2.66. The van der Waals surface area contributed by atoms with E-state index in [1.807, 2.05) is 55.5 Å². The lowest BCUT2D eigenvalue weighted by atomic mass is 10.1. The van der Waals surface area contributed by atoms with E-state index in [0.29, 0.717) is 18.1 Å². The van der Waals surface area contributed by atoms with E-state index in [4.69, 9.17) is 9.47 Å². The summed E-state index contributed by atoms with van der Waals surface area (Å²) in [5, 5.41) is 5.26. The minimum atomic E-state index is -0.690. The van der Waals surface area contributed by atoms with Gasteiger partial charge in [-0.2, -0.15) is 0 Å². The number of fused-ring (bicyclic) bond motifs is 1. The van der Waals surface area contributed by atoms with E-state index < -0.39 is 11.8 Å². The average molecular weight is 340 g/mol. The van der Waals surface area contributed by atoms with E-state index >= 15 is 0 Å². The molecule has 0 aliphatic carbocycles. The summed E-state index contributed by atoms with van der Waals surface area (Å²) in [7, 11) is 0. The molecule has 0 spiro atoms. The standard InChI is InChI=1S/C19H20N2O4/c1-13(14-7-3-2-4-8-14)21-19(23)18(22)20-11-15-12-24-16-9-5-6-10-17(16)25-15/h2-10,13,15H,11-12H2,1H3,(H,20,22)(H,21,23)/t13-,15+/m1/s1. The lowest BCUT2D eigenvalue weighted by Gasteiger charge is -2.26. The largest absolute Gasteiger partial charge is 0.486 e. The van der Waals surface area contributed by atoms with Crippen LogP contribution in [0.5, 0.6) is 11.5 Å². The molecule has 0 radical (unpaired) electrons. The third-order valence-corrected chi connectivity index (χ3v) is 3.91. The van der Waals surface area contributed by atoms with Crippen LogP contribution in [-0.2, 0) is 9.59 Å². The fourth-order valence-corrected chi connectivity index (χ4v) is 2.54. The van der Waals surface area contributed by atoms with Crippen molar-refractivity contribution in [3.8, 4) is 11.5 Å². The Morgan fingerprint density at radius 1 is 1.04 bits per heavy atom. The summed E-state index contributed by atoms with van der Waals surface area (Å²) in [6.45, 7) is 2.34. The van der Waals surface area contributed by atoms with Gasteiger partial charge in [-0.15, -0.1) is 0 Å². The first-order valence-electron chi connectivity index (χ1n) is 8.15. The van der Waals surface area contributed by atoms with E-state index in [-0.39, 0.29) is 18.7 Å². The Hall–Kier alpha value is -3.02. The molecular weight excluding hydrogens is 320 g/mol.